The van der Waals surface area contributed by atoms with Gasteiger partial charge in [-0.3, -0.25) is 0 Å². The van der Waals surface area contributed by atoms with Crippen LogP contribution < -0.4 is 5.32 Å². The van der Waals surface area contributed by atoms with Gasteiger partial charge in [0.15, 0.2) is 0 Å². The lowest BCUT2D eigenvalue weighted by Gasteiger charge is -2.21. The van der Waals surface area contributed by atoms with E-state index in [0.29, 0.717) is 0 Å². The highest BCUT2D eigenvalue weighted by atomic mass is 32.2. The number of hydrogen-bond donors (Lipinski definition) is 2. The first-order chi connectivity index (χ1) is 5.79. The normalized spacial score (nSPS) is 27.0. The lowest BCUT2D eigenvalue weighted by molar-refractivity contribution is 0.191. The molecule has 2 N–H and O–H groups in total. The van der Waals surface area contributed by atoms with Crippen LogP contribution in [-0.4, -0.2) is 35.3 Å². The van der Waals surface area contributed by atoms with Gasteiger partial charge in [0.25, 0.3) is 0 Å². The first-order valence-corrected chi connectivity index (χ1v) is 5.84. The lowest BCUT2D eigenvalue weighted by Crippen LogP contribution is -2.31. The van der Waals surface area contributed by atoms with E-state index in [2.05, 4.69) is 17.1 Å². The smallest absolute Gasteiger partial charge is 0.0636 e. The number of aliphatic hydroxyl groups is 1. The Kier molecular flexibility index (Phi) is 5.04. The van der Waals surface area contributed by atoms with Gasteiger partial charge in [0, 0.05) is 18.3 Å². The molecular formula is C9H19NOS. The van der Waals surface area contributed by atoms with Crippen LogP contribution in [0.2, 0.25) is 0 Å². The summed E-state index contributed by atoms with van der Waals surface area (Å²) in [4.78, 5) is 0. The fourth-order valence-corrected chi connectivity index (χ4v) is 2.69. The summed E-state index contributed by atoms with van der Waals surface area (Å²) < 4.78 is 0. The van der Waals surface area contributed by atoms with Crippen LogP contribution in [0.25, 0.3) is 0 Å². The molecule has 0 aromatic carbocycles. The minimum atomic E-state index is -0.210. The first-order valence-electron chi connectivity index (χ1n) is 4.79. The molecule has 0 radical (unpaired) electrons. The maximum Gasteiger partial charge on any atom is 0.0636 e. The zero-order valence-electron chi connectivity index (χ0n) is 7.75. The Morgan fingerprint density at radius 2 is 2.42 bits per heavy atom. The van der Waals surface area contributed by atoms with Crippen molar-refractivity contribution in [2.45, 2.75) is 37.5 Å². The van der Waals surface area contributed by atoms with Crippen molar-refractivity contribution in [2.75, 3.05) is 18.8 Å². The molecule has 3 heteroatoms. The average Bonchev–Trinajstić information content (AvgIpc) is 2.05. The Bertz CT molecular complexity index is 113. The van der Waals surface area contributed by atoms with Gasteiger partial charge < -0.3 is 10.4 Å². The van der Waals surface area contributed by atoms with E-state index in [1.54, 1.807) is 0 Å². The van der Waals surface area contributed by atoms with Crippen molar-refractivity contribution in [3.05, 3.63) is 0 Å². The number of hydrogen-bond acceptors (Lipinski definition) is 3. The molecule has 0 aromatic heterocycles. The van der Waals surface area contributed by atoms with Gasteiger partial charge in [-0.25, -0.2) is 0 Å². The molecular weight excluding hydrogens is 170 g/mol. The summed E-state index contributed by atoms with van der Waals surface area (Å²) in [7, 11) is 0. The summed E-state index contributed by atoms with van der Waals surface area (Å²) in [6.07, 6.45) is 3.90. The van der Waals surface area contributed by atoms with Gasteiger partial charge in [-0.05, 0) is 25.5 Å². The fraction of sp³-hybridized carbons (Fsp3) is 1.00. The van der Waals surface area contributed by atoms with Crippen LogP contribution in [0.15, 0.2) is 0 Å². The summed E-state index contributed by atoms with van der Waals surface area (Å²) in [6, 6.07) is 0. The highest BCUT2D eigenvalue weighted by molar-refractivity contribution is 7.99. The van der Waals surface area contributed by atoms with E-state index in [4.69, 9.17) is 5.11 Å². The summed E-state index contributed by atoms with van der Waals surface area (Å²) >= 11 is 2.07. The van der Waals surface area contributed by atoms with Crippen molar-refractivity contribution >= 4 is 11.8 Å². The molecule has 2 atom stereocenters. The summed E-state index contributed by atoms with van der Waals surface area (Å²) in [6.45, 7) is 3.62. The van der Waals surface area contributed by atoms with Crippen LogP contribution in [0.3, 0.4) is 0 Å². The van der Waals surface area contributed by atoms with Crippen LogP contribution in [0.5, 0.6) is 0 Å². The summed E-state index contributed by atoms with van der Waals surface area (Å²) in [5.74, 6) is 1.32. The molecule has 1 unspecified atom stereocenters. The molecule has 0 aromatic rings. The predicted octanol–water partition coefficient (Wildman–Crippen LogP) is 1.24. The van der Waals surface area contributed by atoms with Gasteiger partial charge in [0.05, 0.1) is 6.10 Å². The zero-order chi connectivity index (χ0) is 8.81. The summed E-state index contributed by atoms with van der Waals surface area (Å²) in [5, 5.41) is 13.1. The van der Waals surface area contributed by atoms with Gasteiger partial charge in [-0.2, -0.15) is 11.8 Å². The largest absolute Gasteiger partial charge is 0.392 e. The van der Waals surface area contributed by atoms with Gasteiger partial charge in [-0.15, -0.1) is 0 Å². The Hall–Kier alpha value is 0.270. The number of nitrogens with one attached hydrogen (secondary N) is 1. The van der Waals surface area contributed by atoms with E-state index in [0.717, 1.165) is 18.3 Å². The third kappa shape index (κ3) is 4.33. The van der Waals surface area contributed by atoms with Crippen LogP contribution in [0, 0.1) is 0 Å². The zero-order valence-corrected chi connectivity index (χ0v) is 8.57. The van der Waals surface area contributed by atoms with Crippen molar-refractivity contribution in [1.82, 2.24) is 5.32 Å². The second-order valence-corrected chi connectivity index (χ2v) is 4.90. The number of rotatable bonds is 4. The van der Waals surface area contributed by atoms with Crippen molar-refractivity contribution in [2.24, 2.45) is 0 Å². The third-order valence-electron chi connectivity index (χ3n) is 2.09. The van der Waals surface area contributed by atoms with E-state index in [1.807, 2.05) is 6.92 Å². The minimum absolute atomic E-state index is 0.210. The van der Waals surface area contributed by atoms with Crippen molar-refractivity contribution in [3.8, 4) is 0 Å². The highest BCUT2D eigenvalue weighted by Crippen LogP contribution is 2.24. The molecule has 1 aliphatic heterocycles. The van der Waals surface area contributed by atoms with Gasteiger partial charge in [0.1, 0.15) is 0 Å². The van der Waals surface area contributed by atoms with Crippen LogP contribution in [-0.2, 0) is 0 Å². The maximum absolute atomic E-state index is 9.01. The molecule has 12 heavy (non-hydrogen) atoms. The Morgan fingerprint density at radius 1 is 1.58 bits per heavy atom. The van der Waals surface area contributed by atoms with Gasteiger partial charge in [-0.1, -0.05) is 6.42 Å². The molecule has 0 bridgehead atoms. The van der Waals surface area contributed by atoms with Crippen LogP contribution >= 0.6 is 11.8 Å². The molecule has 0 aliphatic carbocycles. The highest BCUT2D eigenvalue weighted by Gasteiger charge is 2.12. The van der Waals surface area contributed by atoms with Crippen molar-refractivity contribution in [1.29, 1.82) is 0 Å². The molecule has 1 rings (SSSR count). The van der Waals surface area contributed by atoms with E-state index >= 15 is 0 Å². The molecule has 0 amide bonds. The quantitative estimate of drug-likeness (QED) is 0.698. The Balaban J connectivity index is 1.98. The first kappa shape index (κ1) is 10.4. The number of thioether (sulfide) groups is 1. The fourth-order valence-electron chi connectivity index (χ4n) is 1.42. The average molecular weight is 189 g/mol. The Morgan fingerprint density at radius 3 is 3.00 bits per heavy atom. The lowest BCUT2D eigenvalue weighted by atomic mass is 10.2. The van der Waals surface area contributed by atoms with Gasteiger partial charge >= 0.3 is 0 Å². The second kappa shape index (κ2) is 5.84. The van der Waals surface area contributed by atoms with E-state index < -0.39 is 0 Å². The predicted molar refractivity (Wildman–Crippen MR) is 54.6 cm³/mol. The second-order valence-electron chi connectivity index (χ2n) is 3.50. The molecule has 1 aliphatic rings. The molecule has 1 heterocycles. The van der Waals surface area contributed by atoms with Crippen LogP contribution in [0.1, 0.15) is 26.2 Å². The van der Waals surface area contributed by atoms with Crippen LogP contribution in [0.4, 0.5) is 0 Å². The van der Waals surface area contributed by atoms with E-state index in [1.165, 1.54) is 25.0 Å². The summed E-state index contributed by atoms with van der Waals surface area (Å²) in [5.41, 5.74) is 0. The Labute approximate surface area is 79.1 Å². The van der Waals surface area contributed by atoms with E-state index in [9.17, 15) is 0 Å². The van der Waals surface area contributed by atoms with Crippen molar-refractivity contribution in [3.63, 3.8) is 0 Å². The molecule has 0 spiro atoms. The monoisotopic (exact) mass is 189 g/mol. The van der Waals surface area contributed by atoms with Crippen molar-refractivity contribution < 1.29 is 5.11 Å². The third-order valence-corrected chi connectivity index (χ3v) is 3.48. The molecule has 72 valence electrons. The minimum Gasteiger partial charge on any atom is -0.392 e. The molecule has 1 saturated heterocycles. The molecule has 1 fully saturated rings. The topological polar surface area (TPSA) is 32.3 Å². The standard InChI is InChI=1S/C9H19NOS/c1-8(11)6-10-7-9-4-2-3-5-12-9/h8-11H,2-7H2,1H3/t8-,9?/m0/s1. The molecule has 2 nitrogen and oxygen atoms in total. The van der Waals surface area contributed by atoms with E-state index in [-0.39, 0.29) is 6.10 Å². The number of aliphatic hydroxyl groups excluding tert-OH is 1. The maximum atomic E-state index is 9.01. The SMILES string of the molecule is C[C@H](O)CNCC1CCCCS1. The van der Waals surface area contributed by atoms with Gasteiger partial charge in [0.2, 0.25) is 0 Å². The molecule has 0 saturated carbocycles.